The number of carboxylic acid groups (broad SMARTS) is 1. The molecule has 0 aliphatic rings. The normalized spacial score (nSPS) is 12.2. The van der Waals surface area contributed by atoms with Crippen molar-refractivity contribution in [3.8, 4) is 0 Å². The summed E-state index contributed by atoms with van der Waals surface area (Å²) >= 11 is 0. The molecule has 0 aliphatic carbocycles. The number of hydrogen-bond donors (Lipinski definition) is 2. The Morgan fingerprint density at radius 2 is 1.70 bits per heavy atom. The highest BCUT2D eigenvalue weighted by atomic mass is 32.2. The number of benzene rings is 1. The summed E-state index contributed by atoms with van der Waals surface area (Å²) in [6.45, 7) is 3.47. The molecule has 23 heavy (non-hydrogen) atoms. The molecule has 0 unspecified atom stereocenters. The molecule has 1 rings (SSSR count). The molecule has 8 heteroatoms. The Bertz CT molecular complexity index is 678. The Morgan fingerprint density at radius 1 is 1.17 bits per heavy atom. The lowest BCUT2D eigenvalue weighted by Gasteiger charge is -2.25. The third-order valence-electron chi connectivity index (χ3n) is 3.31. The zero-order valence-corrected chi connectivity index (χ0v) is 14.5. The smallest absolute Gasteiger partial charge is 0.303 e. The molecule has 1 amide bonds. The molecule has 0 atom stereocenters. The fourth-order valence-corrected chi connectivity index (χ4v) is 2.75. The lowest BCUT2D eigenvalue weighted by atomic mass is 9.98. The van der Waals surface area contributed by atoms with Gasteiger partial charge in [0.25, 0.3) is 5.91 Å². The van der Waals surface area contributed by atoms with E-state index in [1.807, 2.05) is 0 Å². The lowest BCUT2D eigenvalue weighted by molar-refractivity contribution is -0.137. The second-order valence-corrected chi connectivity index (χ2v) is 8.20. The summed E-state index contributed by atoms with van der Waals surface area (Å²) in [6.07, 6.45) is 0.245. The Labute approximate surface area is 136 Å². The molecule has 0 aromatic heterocycles. The Kier molecular flexibility index (Phi) is 5.90. The van der Waals surface area contributed by atoms with Crippen molar-refractivity contribution in [2.24, 2.45) is 0 Å². The van der Waals surface area contributed by atoms with Gasteiger partial charge in [0.1, 0.15) is 0 Å². The van der Waals surface area contributed by atoms with E-state index in [9.17, 15) is 18.0 Å². The van der Waals surface area contributed by atoms with E-state index >= 15 is 0 Å². The van der Waals surface area contributed by atoms with E-state index in [1.165, 1.54) is 38.4 Å². The molecule has 2 N–H and O–H groups in total. The van der Waals surface area contributed by atoms with Crippen LogP contribution in [0.2, 0.25) is 0 Å². The monoisotopic (exact) mass is 342 g/mol. The second kappa shape index (κ2) is 7.10. The Balaban J connectivity index is 2.84. The summed E-state index contributed by atoms with van der Waals surface area (Å²) in [5.41, 5.74) is -0.366. The summed E-state index contributed by atoms with van der Waals surface area (Å²) in [6, 6.07) is 5.60. The molecule has 0 saturated heterocycles. The minimum atomic E-state index is -3.54. The molecule has 128 valence electrons. The van der Waals surface area contributed by atoms with Crippen LogP contribution in [0.1, 0.15) is 37.0 Å². The predicted molar refractivity (Wildman–Crippen MR) is 85.7 cm³/mol. The first-order valence-corrected chi connectivity index (χ1v) is 8.46. The van der Waals surface area contributed by atoms with E-state index in [0.717, 1.165) is 4.31 Å². The number of nitrogens with zero attached hydrogens (tertiary/aromatic N) is 1. The largest absolute Gasteiger partial charge is 0.481 e. The molecule has 1 aromatic rings. The highest BCUT2D eigenvalue weighted by Gasteiger charge is 2.23. The van der Waals surface area contributed by atoms with E-state index in [-0.39, 0.29) is 17.2 Å². The molecule has 0 aliphatic heterocycles. The van der Waals surface area contributed by atoms with Crippen molar-refractivity contribution in [2.45, 2.75) is 37.1 Å². The highest BCUT2D eigenvalue weighted by molar-refractivity contribution is 7.89. The number of amides is 1. The fourth-order valence-electron chi connectivity index (χ4n) is 1.85. The third-order valence-corrected chi connectivity index (χ3v) is 5.14. The minimum absolute atomic E-state index is 0.0483. The number of rotatable bonds is 7. The molecule has 0 bridgehead atoms. The van der Waals surface area contributed by atoms with E-state index in [0.29, 0.717) is 12.0 Å². The Hall–Kier alpha value is -1.93. The van der Waals surface area contributed by atoms with Crippen molar-refractivity contribution in [3.63, 3.8) is 0 Å². The molecule has 1 aromatic carbocycles. The standard InChI is InChI=1S/C15H22N2O5S/c1-15(2,10-9-13(18)19)16-14(20)11-5-7-12(8-6-11)23(21,22)17(3)4/h5-8H,9-10H2,1-4H3,(H,16,20)(H,18,19). The van der Waals surface area contributed by atoms with Crippen LogP contribution in [0.3, 0.4) is 0 Å². The molecule has 0 fully saturated rings. The zero-order chi connectivity index (χ0) is 17.8. The maximum atomic E-state index is 12.2. The number of carbonyl (C=O) groups is 2. The summed E-state index contributed by atoms with van der Waals surface area (Å²) in [7, 11) is -0.673. The molecular formula is C15H22N2O5S. The fraction of sp³-hybridized carbons (Fsp3) is 0.467. The van der Waals surface area contributed by atoms with Gasteiger partial charge in [0, 0.05) is 31.6 Å². The first-order chi connectivity index (χ1) is 10.5. The first kappa shape index (κ1) is 19.1. The van der Waals surface area contributed by atoms with Gasteiger partial charge in [0.15, 0.2) is 0 Å². The van der Waals surface area contributed by atoms with E-state index in [4.69, 9.17) is 5.11 Å². The van der Waals surface area contributed by atoms with Gasteiger partial charge < -0.3 is 10.4 Å². The van der Waals surface area contributed by atoms with Gasteiger partial charge in [-0.05, 0) is 44.5 Å². The molecular weight excluding hydrogens is 320 g/mol. The van der Waals surface area contributed by atoms with Crippen LogP contribution in [-0.2, 0) is 14.8 Å². The van der Waals surface area contributed by atoms with Crippen LogP contribution in [0.25, 0.3) is 0 Å². The van der Waals surface area contributed by atoms with Crippen LogP contribution in [0.15, 0.2) is 29.2 Å². The molecule has 0 spiro atoms. The number of aliphatic carboxylic acids is 1. The maximum Gasteiger partial charge on any atom is 0.303 e. The van der Waals surface area contributed by atoms with Gasteiger partial charge in [-0.2, -0.15) is 0 Å². The predicted octanol–water partition coefficient (Wildman–Crippen LogP) is 1.31. The maximum absolute atomic E-state index is 12.2. The summed E-state index contributed by atoms with van der Waals surface area (Å²) in [4.78, 5) is 22.9. The van der Waals surface area contributed by atoms with Crippen molar-refractivity contribution in [1.29, 1.82) is 0 Å². The number of nitrogens with one attached hydrogen (secondary N) is 1. The van der Waals surface area contributed by atoms with Gasteiger partial charge >= 0.3 is 5.97 Å². The van der Waals surface area contributed by atoms with Crippen LogP contribution in [0.4, 0.5) is 0 Å². The van der Waals surface area contributed by atoms with Gasteiger partial charge in [0.2, 0.25) is 10.0 Å². The summed E-state index contributed by atoms with van der Waals surface area (Å²) in [5, 5.41) is 11.5. The van der Waals surface area contributed by atoms with E-state index in [1.54, 1.807) is 13.8 Å². The average molecular weight is 342 g/mol. The Morgan fingerprint density at radius 3 is 2.13 bits per heavy atom. The van der Waals surface area contributed by atoms with Gasteiger partial charge in [-0.25, -0.2) is 12.7 Å². The summed E-state index contributed by atoms with van der Waals surface area (Å²) in [5.74, 6) is -1.31. The number of hydrogen-bond acceptors (Lipinski definition) is 4. The molecule has 0 radical (unpaired) electrons. The second-order valence-electron chi connectivity index (χ2n) is 6.04. The molecule has 7 nitrogen and oxygen atoms in total. The van der Waals surface area contributed by atoms with Crippen molar-refractivity contribution in [2.75, 3.05) is 14.1 Å². The van der Waals surface area contributed by atoms with E-state index in [2.05, 4.69) is 5.32 Å². The van der Waals surface area contributed by atoms with Crippen LogP contribution in [0.5, 0.6) is 0 Å². The van der Waals surface area contributed by atoms with Gasteiger partial charge in [0.05, 0.1) is 4.90 Å². The van der Waals surface area contributed by atoms with Crippen LogP contribution < -0.4 is 5.32 Å². The van der Waals surface area contributed by atoms with Crippen molar-refractivity contribution >= 4 is 21.9 Å². The van der Waals surface area contributed by atoms with Crippen LogP contribution in [-0.4, -0.2) is 49.3 Å². The van der Waals surface area contributed by atoms with Crippen LogP contribution >= 0.6 is 0 Å². The quantitative estimate of drug-likeness (QED) is 0.777. The minimum Gasteiger partial charge on any atom is -0.481 e. The zero-order valence-electron chi connectivity index (χ0n) is 13.7. The SMILES string of the molecule is CN(C)S(=O)(=O)c1ccc(C(=O)NC(C)(C)CCC(=O)O)cc1. The lowest BCUT2D eigenvalue weighted by Crippen LogP contribution is -2.43. The van der Waals surface area contributed by atoms with E-state index < -0.39 is 21.5 Å². The van der Waals surface area contributed by atoms with Crippen molar-refractivity contribution < 1.29 is 23.1 Å². The van der Waals surface area contributed by atoms with Crippen LogP contribution in [0, 0.1) is 0 Å². The number of carbonyl (C=O) groups excluding carboxylic acids is 1. The van der Waals surface area contributed by atoms with Crippen molar-refractivity contribution in [3.05, 3.63) is 29.8 Å². The van der Waals surface area contributed by atoms with Gasteiger partial charge in [-0.1, -0.05) is 0 Å². The topological polar surface area (TPSA) is 104 Å². The number of carboxylic acids is 1. The average Bonchev–Trinajstić information content (AvgIpc) is 2.44. The first-order valence-electron chi connectivity index (χ1n) is 7.02. The third kappa shape index (κ3) is 5.33. The van der Waals surface area contributed by atoms with Gasteiger partial charge in [-0.15, -0.1) is 0 Å². The summed E-state index contributed by atoms with van der Waals surface area (Å²) < 4.78 is 25.0. The molecule has 0 heterocycles. The van der Waals surface area contributed by atoms with Crippen molar-refractivity contribution in [1.82, 2.24) is 9.62 Å². The van der Waals surface area contributed by atoms with Gasteiger partial charge in [-0.3, -0.25) is 9.59 Å². The molecule has 0 saturated carbocycles. The highest BCUT2D eigenvalue weighted by Crippen LogP contribution is 2.16. The number of sulfonamides is 1.